The van der Waals surface area contributed by atoms with Crippen LogP contribution in [0.2, 0.25) is 0 Å². The minimum Gasteiger partial charge on any atom is -0.325 e. The molecular formula is C19H22N4OS2. The third kappa shape index (κ3) is 4.95. The number of carbonyl (C=O) groups excluding carboxylic acids is 1. The molecule has 136 valence electrons. The summed E-state index contributed by atoms with van der Waals surface area (Å²) in [5.41, 5.74) is 2.07. The van der Waals surface area contributed by atoms with Crippen molar-refractivity contribution in [3.05, 3.63) is 58.5 Å². The molecule has 2 heterocycles. The first-order valence-corrected chi connectivity index (χ1v) is 10.4. The maximum absolute atomic E-state index is 12.5. The minimum absolute atomic E-state index is 0.0351. The molecule has 7 heteroatoms. The van der Waals surface area contributed by atoms with E-state index in [9.17, 15) is 4.79 Å². The zero-order valence-electron chi connectivity index (χ0n) is 14.9. The Kier molecular flexibility index (Phi) is 6.46. The summed E-state index contributed by atoms with van der Waals surface area (Å²) in [5, 5.41) is 13.7. The van der Waals surface area contributed by atoms with Gasteiger partial charge in [0.15, 0.2) is 5.16 Å². The van der Waals surface area contributed by atoms with Gasteiger partial charge in [-0.25, -0.2) is 0 Å². The van der Waals surface area contributed by atoms with E-state index >= 15 is 0 Å². The molecule has 5 nitrogen and oxygen atoms in total. The van der Waals surface area contributed by atoms with Crippen molar-refractivity contribution < 1.29 is 4.79 Å². The van der Waals surface area contributed by atoms with Gasteiger partial charge in [-0.2, -0.15) is 0 Å². The van der Waals surface area contributed by atoms with Crippen LogP contribution in [0, 0.1) is 0 Å². The molecule has 2 aromatic heterocycles. The second kappa shape index (κ2) is 9.00. The van der Waals surface area contributed by atoms with Crippen molar-refractivity contribution in [1.29, 1.82) is 0 Å². The van der Waals surface area contributed by atoms with Crippen molar-refractivity contribution in [2.45, 2.75) is 43.6 Å². The summed E-state index contributed by atoms with van der Waals surface area (Å²) in [6.07, 6.45) is 3.65. The first kappa shape index (κ1) is 18.7. The molecule has 26 heavy (non-hydrogen) atoms. The Morgan fingerprint density at radius 1 is 1.31 bits per heavy atom. The zero-order valence-corrected chi connectivity index (χ0v) is 16.5. The fraction of sp³-hybridized carbons (Fsp3) is 0.316. The zero-order chi connectivity index (χ0) is 18.4. The number of hydrogen-bond donors (Lipinski definition) is 1. The van der Waals surface area contributed by atoms with Gasteiger partial charge in [-0.1, -0.05) is 36.9 Å². The lowest BCUT2D eigenvalue weighted by atomic mass is 10.1. The van der Waals surface area contributed by atoms with Gasteiger partial charge in [-0.3, -0.25) is 4.79 Å². The van der Waals surface area contributed by atoms with Crippen LogP contribution in [0.3, 0.4) is 0 Å². The average Bonchev–Trinajstić information content (AvgIpc) is 3.32. The SMILES string of the molecule is CCc1ccc(NC(=O)C(C)Sc2nncn2CCc2cccs2)cc1. The van der Waals surface area contributed by atoms with Gasteiger partial charge in [0.05, 0.1) is 5.25 Å². The molecule has 0 bridgehead atoms. The van der Waals surface area contributed by atoms with Crippen LogP contribution in [-0.2, 0) is 24.2 Å². The van der Waals surface area contributed by atoms with Crippen LogP contribution in [0.4, 0.5) is 5.69 Å². The van der Waals surface area contributed by atoms with Crippen LogP contribution in [0.5, 0.6) is 0 Å². The number of nitrogens with one attached hydrogen (secondary N) is 1. The molecule has 0 aliphatic heterocycles. The molecule has 0 aliphatic rings. The maximum Gasteiger partial charge on any atom is 0.237 e. The van der Waals surface area contributed by atoms with Crippen molar-refractivity contribution in [2.75, 3.05) is 5.32 Å². The van der Waals surface area contributed by atoms with Gasteiger partial charge in [0.2, 0.25) is 5.91 Å². The predicted octanol–water partition coefficient (Wildman–Crippen LogP) is 4.26. The lowest BCUT2D eigenvalue weighted by molar-refractivity contribution is -0.115. The number of anilines is 1. The molecule has 1 N–H and O–H groups in total. The second-order valence-corrected chi connectivity index (χ2v) is 8.28. The fourth-order valence-corrected chi connectivity index (χ4v) is 4.00. The highest BCUT2D eigenvalue weighted by Crippen LogP contribution is 2.23. The van der Waals surface area contributed by atoms with E-state index in [-0.39, 0.29) is 11.2 Å². The molecule has 0 saturated heterocycles. The molecule has 0 aliphatic carbocycles. The first-order chi connectivity index (χ1) is 12.7. The predicted molar refractivity (Wildman–Crippen MR) is 108 cm³/mol. The molecule has 1 aromatic carbocycles. The number of nitrogens with zero attached hydrogens (tertiary/aromatic N) is 3. The molecule has 3 rings (SSSR count). The molecule has 0 radical (unpaired) electrons. The first-order valence-electron chi connectivity index (χ1n) is 8.62. The number of carbonyl (C=O) groups is 1. The third-order valence-electron chi connectivity index (χ3n) is 4.04. The normalized spacial score (nSPS) is 12.1. The number of thiophene rings is 1. The van der Waals surface area contributed by atoms with Gasteiger partial charge in [0.25, 0.3) is 0 Å². The highest BCUT2D eigenvalue weighted by atomic mass is 32.2. The Labute approximate surface area is 161 Å². The van der Waals surface area contributed by atoms with Crippen LogP contribution < -0.4 is 5.32 Å². The van der Waals surface area contributed by atoms with Crippen LogP contribution in [0.1, 0.15) is 24.3 Å². The van der Waals surface area contributed by atoms with E-state index in [1.165, 1.54) is 22.2 Å². The standard InChI is InChI=1S/C19H22N4OS2/c1-3-15-6-8-16(9-7-15)21-18(24)14(2)26-19-22-20-13-23(19)11-10-17-5-4-12-25-17/h4-9,12-14H,3,10-11H2,1-2H3,(H,21,24). The van der Waals surface area contributed by atoms with Crippen molar-refractivity contribution in [3.63, 3.8) is 0 Å². The Balaban J connectivity index is 1.56. The molecule has 0 saturated carbocycles. The van der Waals surface area contributed by atoms with Gasteiger partial charge in [0, 0.05) is 17.1 Å². The summed E-state index contributed by atoms with van der Waals surface area (Å²) in [6.45, 7) is 4.81. The summed E-state index contributed by atoms with van der Waals surface area (Å²) in [6, 6.07) is 12.1. The van der Waals surface area contributed by atoms with E-state index < -0.39 is 0 Å². The number of aromatic nitrogens is 3. The van der Waals surface area contributed by atoms with Crippen LogP contribution in [0.15, 0.2) is 53.3 Å². The van der Waals surface area contributed by atoms with Crippen LogP contribution >= 0.6 is 23.1 Å². The third-order valence-corrected chi connectivity index (χ3v) is 6.07. The molecule has 0 spiro atoms. The highest BCUT2D eigenvalue weighted by Gasteiger charge is 2.18. The lowest BCUT2D eigenvalue weighted by Gasteiger charge is -2.12. The molecule has 1 amide bonds. The van der Waals surface area contributed by atoms with Gasteiger partial charge in [0.1, 0.15) is 6.33 Å². The summed E-state index contributed by atoms with van der Waals surface area (Å²) in [5.74, 6) is -0.0351. The molecule has 1 unspecified atom stereocenters. The van der Waals surface area contributed by atoms with Crippen molar-refractivity contribution in [3.8, 4) is 0 Å². The van der Waals surface area contributed by atoms with Crippen molar-refractivity contribution >= 4 is 34.7 Å². The molecule has 0 fully saturated rings. The molecular weight excluding hydrogens is 364 g/mol. The average molecular weight is 387 g/mol. The summed E-state index contributed by atoms with van der Waals surface area (Å²) in [4.78, 5) is 13.8. The Hall–Kier alpha value is -2.12. The Bertz CT molecular complexity index is 828. The summed E-state index contributed by atoms with van der Waals surface area (Å²) < 4.78 is 2.00. The quantitative estimate of drug-likeness (QED) is 0.588. The number of rotatable bonds is 8. The number of thioether (sulfide) groups is 1. The number of hydrogen-bond acceptors (Lipinski definition) is 5. The number of aryl methyl sites for hydroxylation is 3. The highest BCUT2D eigenvalue weighted by molar-refractivity contribution is 8.00. The minimum atomic E-state index is -0.259. The fourth-order valence-electron chi connectivity index (χ4n) is 2.45. The lowest BCUT2D eigenvalue weighted by Crippen LogP contribution is -2.23. The van der Waals surface area contributed by atoms with Gasteiger partial charge in [-0.05, 0) is 48.9 Å². The van der Waals surface area contributed by atoms with Crippen LogP contribution in [0.25, 0.3) is 0 Å². The summed E-state index contributed by atoms with van der Waals surface area (Å²) in [7, 11) is 0. The largest absolute Gasteiger partial charge is 0.325 e. The van der Waals surface area contributed by atoms with Gasteiger partial charge in [-0.15, -0.1) is 21.5 Å². The van der Waals surface area contributed by atoms with E-state index in [1.807, 2.05) is 35.8 Å². The Morgan fingerprint density at radius 3 is 2.81 bits per heavy atom. The van der Waals surface area contributed by atoms with Gasteiger partial charge < -0.3 is 9.88 Å². The van der Waals surface area contributed by atoms with E-state index in [0.717, 1.165) is 30.2 Å². The number of benzene rings is 1. The Morgan fingerprint density at radius 2 is 2.12 bits per heavy atom. The monoisotopic (exact) mass is 386 g/mol. The van der Waals surface area contributed by atoms with E-state index in [1.54, 1.807) is 17.7 Å². The van der Waals surface area contributed by atoms with E-state index in [0.29, 0.717) is 0 Å². The second-order valence-electron chi connectivity index (χ2n) is 5.94. The van der Waals surface area contributed by atoms with E-state index in [2.05, 4.69) is 40.0 Å². The van der Waals surface area contributed by atoms with E-state index in [4.69, 9.17) is 0 Å². The van der Waals surface area contributed by atoms with Crippen LogP contribution in [-0.4, -0.2) is 25.9 Å². The molecule has 3 aromatic rings. The topological polar surface area (TPSA) is 59.8 Å². The number of amides is 1. The van der Waals surface area contributed by atoms with Gasteiger partial charge >= 0.3 is 0 Å². The maximum atomic E-state index is 12.5. The smallest absolute Gasteiger partial charge is 0.237 e. The van der Waals surface area contributed by atoms with Crippen molar-refractivity contribution in [1.82, 2.24) is 14.8 Å². The summed E-state index contributed by atoms with van der Waals surface area (Å²) >= 11 is 3.18. The van der Waals surface area contributed by atoms with Crippen molar-refractivity contribution in [2.24, 2.45) is 0 Å². The molecule has 1 atom stereocenters.